The Labute approximate surface area is 96.9 Å². The molecule has 3 N–H and O–H groups in total. The lowest BCUT2D eigenvalue weighted by molar-refractivity contribution is 0.263. The molecule has 3 nitrogen and oxygen atoms in total. The summed E-state index contributed by atoms with van der Waals surface area (Å²) in [7, 11) is 0. The fraction of sp³-hybridized carbons (Fsp3) is 0.538. The molecule has 1 aliphatic rings. The van der Waals surface area contributed by atoms with Gasteiger partial charge in [0, 0.05) is 31.1 Å². The Hall–Kier alpha value is -1.22. The van der Waals surface area contributed by atoms with Crippen molar-refractivity contribution in [1.29, 1.82) is 0 Å². The van der Waals surface area contributed by atoms with E-state index in [1.54, 1.807) is 0 Å². The molecule has 0 aromatic heterocycles. The van der Waals surface area contributed by atoms with E-state index in [1.807, 2.05) is 13.0 Å². The lowest BCUT2D eigenvalue weighted by Gasteiger charge is -2.19. The highest BCUT2D eigenvalue weighted by Crippen LogP contribution is 2.27. The Morgan fingerprint density at radius 2 is 2.31 bits per heavy atom. The first-order valence-electron chi connectivity index (χ1n) is 5.92. The van der Waals surface area contributed by atoms with Crippen molar-refractivity contribution < 1.29 is 5.11 Å². The summed E-state index contributed by atoms with van der Waals surface area (Å²) in [4.78, 5) is 2.38. The van der Waals surface area contributed by atoms with Crippen molar-refractivity contribution in [2.45, 2.75) is 19.8 Å². The number of anilines is 2. The van der Waals surface area contributed by atoms with Gasteiger partial charge in [-0.05, 0) is 49.4 Å². The van der Waals surface area contributed by atoms with Crippen LogP contribution in [-0.2, 0) is 0 Å². The van der Waals surface area contributed by atoms with Crippen molar-refractivity contribution in [2.24, 2.45) is 5.92 Å². The maximum Gasteiger partial charge on any atom is 0.0434 e. The summed E-state index contributed by atoms with van der Waals surface area (Å²) < 4.78 is 0. The first-order chi connectivity index (χ1) is 7.70. The molecule has 1 saturated heterocycles. The van der Waals surface area contributed by atoms with Crippen molar-refractivity contribution in [3.05, 3.63) is 23.8 Å². The number of hydrogen-bond acceptors (Lipinski definition) is 3. The first kappa shape index (κ1) is 11.3. The van der Waals surface area contributed by atoms with Crippen LogP contribution in [0.3, 0.4) is 0 Å². The highest BCUT2D eigenvalue weighted by molar-refractivity contribution is 5.58. The van der Waals surface area contributed by atoms with Gasteiger partial charge >= 0.3 is 0 Å². The first-order valence-corrected chi connectivity index (χ1v) is 5.92. The minimum absolute atomic E-state index is 0.305. The molecule has 1 aliphatic heterocycles. The predicted molar refractivity (Wildman–Crippen MR) is 67.6 cm³/mol. The standard InChI is InChI=1S/C13H20N2O/c1-10-8-12(2-3-13(10)14)15-6-4-11(9-15)5-7-16/h2-3,8,11,16H,4-7,9,14H2,1H3. The molecule has 0 bridgehead atoms. The number of benzene rings is 1. The molecular weight excluding hydrogens is 200 g/mol. The average Bonchev–Trinajstić information content (AvgIpc) is 2.71. The molecule has 0 radical (unpaired) electrons. The molecule has 1 aromatic carbocycles. The number of rotatable bonds is 3. The number of aryl methyl sites for hydroxylation is 1. The van der Waals surface area contributed by atoms with E-state index in [2.05, 4.69) is 17.0 Å². The molecule has 2 rings (SSSR count). The van der Waals surface area contributed by atoms with E-state index in [4.69, 9.17) is 10.8 Å². The molecule has 1 unspecified atom stereocenters. The van der Waals surface area contributed by atoms with Crippen LogP contribution in [-0.4, -0.2) is 24.8 Å². The molecule has 88 valence electrons. The second kappa shape index (κ2) is 4.74. The maximum atomic E-state index is 8.93. The highest BCUT2D eigenvalue weighted by atomic mass is 16.3. The summed E-state index contributed by atoms with van der Waals surface area (Å²) in [5.74, 6) is 0.642. The second-order valence-electron chi connectivity index (χ2n) is 4.65. The quantitative estimate of drug-likeness (QED) is 0.763. The molecular formula is C13H20N2O. The number of hydrogen-bond donors (Lipinski definition) is 2. The monoisotopic (exact) mass is 220 g/mol. The lowest BCUT2D eigenvalue weighted by Crippen LogP contribution is -2.20. The van der Waals surface area contributed by atoms with Gasteiger partial charge in [0.05, 0.1) is 0 Å². The second-order valence-corrected chi connectivity index (χ2v) is 4.65. The molecule has 1 heterocycles. The van der Waals surface area contributed by atoms with Gasteiger partial charge in [-0.15, -0.1) is 0 Å². The third-order valence-corrected chi connectivity index (χ3v) is 3.44. The maximum absolute atomic E-state index is 8.93. The molecule has 1 aromatic rings. The fourth-order valence-electron chi connectivity index (χ4n) is 2.34. The fourth-order valence-corrected chi connectivity index (χ4v) is 2.34. The highest BCUT2D eigenvalue weighted by Gasteiger charge is 2.22. The summed E-state index contributed by atoms with van der Waals surface area (Å²) in [6, 6.07) is 6.21. The zero-order valence-electron chi connectivity index (χ0n) is 9.82. The van der Waals surface area contributed by atoms with E-state index >= 15 is 0 Å². The Bertz CT molecular complexity index is 365. The van der Waals surface area contributed by atoms with Gasteiger partial charge < -0.3 is 15.7 Å². The van der Waals surface area contributed by atoms with Crippen LogP contribution < -0.4 is 10.6 Å². The summed E-state index contributed by atoms with van der Waals surface area (Å²) in [6.07, 6.45) is 2.11. The molecule has 16 heavy (non-hydrogen) atoms. The largest absolute Gasteiger partial charge is 0.399 e. The van der Waals surface area contributed by atoms with Gasteiger partial charge in [-0.3, -0.25) is 0 Å². The molecule has 1 atom stereocenters. The van der Waals surface area contributed by atoms with E-state index < -0.39 is 0 Å². The predicted octanol–water partition coefficient (Wildman–Crippen LogP) is 1.79. The number of nitrogens with zero attached hydrogens (tertiary/aromatic N) is 1. The number of nitrogen functional groups attached to an aromatic ring is 1. The summed E-state index contributed by atoms with van der Waals surface area (Å²) >= 11 is 0. The Balaban J connectivity index is 2.05. The third kappa shape index (κ3) is 2.30. The van der Waals surface area contributed by atoms with E-state index in [0.717, 1.165) is 30.8 Å². The molecule has 1 fully saturated rings. The number of nitrogens with two attached hydrogens (primary N) is 1. The minimum Gasteiger partial charge on any atom is -0.399 e. The van der Waals surface area contributed by atoms with E-state index in [1.165, 1.54) is 12.1 Å². The van der Waals surface area contributed by atoms with Crippen molar-refractivity contribution in [1.82, 2.24) is 0 Å². The van der Waals surface area contributed by atoms with Crippen LogP contribution in [0.1, 0.15) is 18.4 Å². The minimum atomic E-state index is 0.305. The smallest absolute Gasteiger partial charge is 0.0434 e. The van der Waals surface area contributed by atoms with E-state index in [-0.39, 0.29) is 0 Å². The van der Waals surface area contributed by atoms with Gasteiger partial charge in [0.1, 0.15) is 0 Å². The van der Waals surface area contributed by atoms with Gasteiger partial charge in [-0.25, -0.2) is 0 Å². The van der Waals surface area contributed by atoms with Gasteiger partial charge in [-0.1, -0.05) is 0 Å². The van der Waals surface area contributed by atoms with Gasteiger partial charge in [0.15, 0.2) is 0 Å². The van der Waals surface area contributed by atoms with Gasteiger partial charge in [0.25, 0.3) is 0 Å². The van der Waals surface area contributed by atoms with Crippen molar-refractivity contribution in [3.8, 4) is 0 Å². The van der Waals surface area contributed by atoms with Crippen LogP contribution in [0, 0.1) is 12.8 Å². The topological polar surface area (TPSA) is 49.5 Å². The average molecular weight is 220 g/mol. The van der Waals surface area contributed by atoms with Crippen molar-refractivity contribution >= 4 is 11.4 Å². The van der Waals surface area contributed by atoms with Crippen molar-refractivity contribution in [2.75, 3.05) is 30.3 Å². The lowest BCUT2D eigenvalue weighted by atomic mass is 10.1. The Kier molecular flexibility index (Phi) is 3.34. The SMILES string of the molecule is Cc1cc(N2CCC(CCO)C2)ccc1N. The summed E-state index contributed by atoms with van der Waals surface area (Å²) in [5, 5.41) is 8.93. The Morgan fingerprint density at radius 3 is 3.00 bits per heavy atom. The zero-order chi connectivity index (χ0) is 11.5. The van der Waals surface area contributed by atoms with Crippen LogP contribution in [0.15, 0.2) is 18.2 Å². The number of aliphatic hydroxyl groups excluding tert-OH is 1. The third-order valence-electron chi connectivity index (χ3n) is 3.44. The van der Waals surface area contributed by atoms with Gasteiger partial charge in [0.2, 0.25) is 0 Å². The van der Waals surface area contributed by atoms with Crippen LogP contribution in [0.5, 0.6) is 0 Å². The summed E-state index contributed by atoms with van der Waals surface area (Å²) in [6.45, 7) is 4.50. The van der Waals surface area contributed by atoms with Crippen LogP contribution in [0.25, 0.3) is 0 Å². The molecule has 0 spiro atoms. The van der Waals surface area contributed by atoms with Crippen LogP contribution >= 0.6 is 0 Å². The van der Waals surface area contributed by atoms with E-state index in [9.17, 15) is 0 Å². The normalized spacial score (nSPS) is 20.4. The van der Waals surface area contributed by atoms with E-state index in [0.29, 0.717) is 12.5 Å². The molecule has 3 heteroatoms. The number of aliphatic hydroxyl groups is 1. The zero-order valence-corrected chi connectivity index (χ0v) is 9.82. The van der Waals surface area contributed by atoms with Gasteiger partial charge in [-0.2, -0.15) is 0 Å². The van der Waals surface area contributed by atoms with Crippen LogP contribution in [0.4, 0.5) is 11.4 Å². The molecule has 0 saturated carbocycles. The van der Waals surface area contributed by atoms with Crippen LogP contribution in [0.2, 0.25) is 0 Å². The van der Waals surface area contributed by atoms with Crippen molar-refractivity contribution in [3.63, 3.8) is 0 Å². The molecule has 0 aliphatic carbocycles. The molecule has 0 amide bonds. The Morgan fingerprint density at radius 1 is 1.50 bits per heavy atom. The summed E-state index contributed by atoms with van der Waals surface area (Å²) in [5.41, 5.74) is 9.07.